The van der Waals surface area contributed by atoms with Crippen LogP contribution >= 0.6 is 0 Å². The van der Waals surface area contributed by atoms with Crippen LogP contribution in [0.2, 0.25) is 0 Å². The first-order valence-electron chi connectivity index (χ1n) is 10.4. The fourth-order valence-electron chi connectivity index (χ4n) is 3.58. The monoisotopic (exact) mass is 420 g/mol. The number of hydrogen-bond acceptors (Lipinski definition) is 7. The number of nitrogens with one attached hydrogen (secondary N) is 1. The highest BCUT2D eigenvalue weighted by atomic mass is 16.2. The normalized spacial score (nSPS) is 15.6. The molecule has 3 aromatic rings. The van der Waals surface area contributed by atoms with Crippen LogP contribution in [0.1, 0.15) is 29.6 Å². The van der Waals surface area contributed by atoms with E-state index in [1.807, 2.05) is 67.9 Å². The molecule has 0 saturated carbocycles. The van der Waals surface area contributed by atoms with Crippen molar-refractivity contribution in [3.63, 3.8) is 0 Å². The van der Waals surface area contributed by atoms with Gasteiger partial charge in [-0.1, -0.05) is 0 Å². The molecule has 162 valence electrons. The smallest absolute Gasteiger partial charge is 0.246 e. The van der Waals surface area contributed by atoms with Crippen LogP contribution in [0.3, 0.4) is 0 Å². The van der Waals surface area contributed by atoms with Gasteiger partial charge in [-0.15, -0.1) is 0 Å². The quantitative estimate of drug-likeness (QED) is 0.652. The molecule has 0 unspecified atom stereocenters. The fraction of sp³-hybridized carbons (Fsp3) is 0.409. The van der Waals surface area contributed by atoms with E-state index in [0.29, 0.717) is 18.7 Å². The van der Waals surface area contributed by atoms with Crippen LogP contribution < -0.4 is 15.1 Å². The Morgan fingerprint density at radius 1 is 1.19 bits per heavy atom. The van der Waals surface area contributed by atoms with E-state index in [2.05, 4.69) is 32.6 Å². The lowest BCUT2D eigenvalue weighted by Crippen LogP contribution is -2.45. The number of anilines is 3. The number of carbonyl (C=O) groups excluding carboxylic acids is 1. The Morgan fingerprint density at radius 2 is 2.00 bits per heavy atom. The first-order chi connectivity index (χ1) is 14.8. The molecule has 0 fully saturated rings. The molecule has 4 rings (SSSR count). The minimum absolute atomic E-state index is 0.0336. The van der Waals surface area contributed by atoms with Gasteiger partial charge < -0.3 is 15.1 Å². The average molecular weight is 421 g/mol. The van der Waals surface area contributed by atoms with Crippen molar-refractivity contribution in [1.82, 2.24) is 24.7 Å². The molecule has 9 heteroatoms. The first kappa shape index (κ1) is 20.8. The lowest BCUT2D eigenvalue weighted by molar-refractivity contribution is -0.117. The average Bonchev–Trinajstić information content (AvgIpc) is 3.19. The Hall–Kier alpha value is -3.49. The maximum Gasteiger partial charge on any atom is 0.246 e. The molecule has 0 radical (unpaired) electrons. The van der Waals surface area contributed by atoms with Gasteiger partial charge in [0.05, 0.1) is 18.4 Å². The van der Waals surface area contributed by atoms with Gasteiger partial charge in [0.15, 0.2) is 5.82 Å². The second kappa shape index (κ2) is 8.33. The van der Waals surface area contributed by atoms with Crippen LogP contribution in [0.4, 0.5) is 17.3 Å². The highest BCUT2D eigenvalue weighted by molar-refractivity contribution is 6.02. The summed E-state index contributed by atoms with van der Waals surface area (Å²) in [5.41, 5.74) is 3.78. The van der Waals surface area contributed by atoms with Crippen molar-refractivity contribution >= 4 is 23.2 Å². The van der Waals surface area contributed by atoms with Gasteiger partial charge in [0.2, 0.25) is 5.91 Å². The standard InChI is InChI=1S/C22H28N8O/c1-14-20-21(29(5)15(2)22(31)27-20)26-18(25-14)7-6-17-11-24-30(13-17)12-16-8-9-23-19(10-16)28(3)4/h8-11,13,15H,6-7,12H2,1-5H3,(H,27,31)/t15-/m0/s1. The maximum absolute atomic E-state index is 12.1. The van der Waals surface area contributed by atoms with Gasteiger partial charge in [0, 0.05) is 40.0 Å². The number of nitrogens with zero attached hydrogens (tertiary/aromatic N) is 7. The summed E-state index contributed by atoms with van der Waals surface area (Å²) >= 11 is 0. The van der Waals surface area contributed by atoms with Gasteiger partial charge in [-0.3, -0.25) is 9.48 Å². The Morgan fingerprint density at radius 3 is 2.77 bits per heavy atom. The fourth-order valence-corrected chi connectivity index (χ4v) is 3.58. The molecule has 1 amide bonds. The molecule has 0 spiro atoms. The largest absolute Gasteiger partial charge is 0.363 e. The molecule has 1 aliphatic rings. The van der Waals surface area contributed by atoms with Crippen molar-refractivity contribution in [2.24, 2.45) is 0 Å². The number of fused-ring (bicyclic) bond motifs is 1. The number of likely N-dealkylation sites (N-methyl/N-ethyl adjacent to an activating group) is 1. The van der Waals surface area contributed by atoms with E-state index >= 15 is 0 Å². The summed E-state index contributed by atoms with van der Waals surface area (Å²) in [7, 11) is 5.85. The van der Waals surface area contributed by atoms with E-state index < -0.39 is 0 Å². The van der Waals surface area contributed by atoms with E-state index in [9.17, 15) is 4.79 Å². The van der Waals surface area contributed by atoms with Gasteiger partial charge in [-0.25, -0.2) is 15.0 Å². The van der Waals surface area contributed by atoms with Crippen molar-refractivity contribution in [2.45, 2.75) is 39.3 Å². The second-order valence-electron chi connectivity index (χ2n) is 8.16. The highest BCUT2D eigenvalue weighted by Gasteiger charge is 2.30. The number of aromatic nitrogens is 5. The summed E-state index contributed by atoms with van der Waals surface area (Å²) in [4.78, 5) is 29.6. The van der Waals surface area contributed by atoms with Crippen molar-refractivity contribution in [3.05, 3.63) is 53.4 Å². The van der Waals surface area contributed by atoms with E-state index in [4.69, 9.17) is 4.98 Å². The molecule has 0 saturated heterocycles. The number of pyridine rings is 1. The van der Waals surface area contributed by atoms with E-state index in [1.165, 1.54) is 0 Å². The molecule has 0 aromatic carbocycles. The topological polar surface area (TPSA) is 92.1 Å². The minimum Gasteiger partial charge on any atom is -0.363 e. The predicted octanol–water partition coefficient (Wildman–Crippen LogP) is 2.05. The minimum atomic E-state index is -0.255. The van der Waals surface area contributed by atoms with Crippen molar-refractivity contribution < 1.29 is 4.79 Å². The van der Waals surface area contributed by atoms with Gasteiger partial charge in [-0.05, 0) is 43.5 Å². The molecule has 4 heterocycles. The number of rotatable bonds is 6. The molecule has 1 atom stereocenters. The molecule has 31 heavy (non-hydrogen) atoms. The lowest BCUT2D eigenvalue weighted by Gasteiger charge is -2.32. The summed E-state index contributed by atoms with van der Waals surface area (Å²) in [6.07, 6.45) is 7.29. The summed E-state index contributed by atoms with van der Waals surface area (Å²) in [5.74, 6) is 2.44. The van der Waals surface area contributed by atoms with Crippen molar-refractivity contribution in [3.8, 4) is 0 Å². The summed E-state index contributed by atoms with van der Waals surface area (Å²) in [5, 5.41) is 7.42. The zero-order valence-electron chi connectivity index (χ0n) is 18.6. The predicted molar refractivity (Wildman–Crippen MR) is 121 cm³/mol. The van der Waals surface area contributed by atoms with Gasteiger partial charge in [0.1, 0.15) is 23.4 Å². The third-order valence-electron chi connectivity index (χ3n) is 5.60. The molecule has 0 aliphatic carbocycles. The molecule has 3 aromatic heterocycles. The molecular weight excluding hydrogens is 392 g/mol. The van der Waals surface area contributed by atoms with Gasteiger partial charge in [-0.2, -0.15) is 5.10 Å². The number of amides is 1. The Kier molecular flexibility index (Phi) is 5.58. The summed E-state index contributed by atoms with van der Waals surface area (Å²) < 4.78 is 1.94. The maximum atomic E-state index is 12.1. The van der Waals surface area contributed by atoms with Crippen molar-refractivity contribution in [2.75, 3.05) is 36.3 Å². The molecule has 1 N–H and O–H groups in total. The third-order valence-corrected chi connectivity index (χ3v) is 5.60. The Balaban J connectivity index is 1.44. The highest BCUT2D eigenvalue weighted by Crippen LogP contribution is 2.31. The Labute approximate surface area is 182 Å². The van der Waals surface area contributed by atoms with Crippen LogP contribution in [0.25, 0.3) is 0 Å². The second-order valence-corrected chi connectivity index (χ2v) is 8.16. The van der Waals surface area contributed by atoms with Crippen LogP contribution in [0.5, 0.6) is 0 Å². The molecule has 1 aliphatic heterocycles. The van der Waals surface area contributed by atoms with Crippen LogP contribution in [-0.4, -0.2) is 57.8 Å². The van der Waals surface area contributed by atoms with Crippen molar-refractivity contribution in [1.29, 1.82) is 0 Å². The van der Waals surface area contributed by atoms with Gasteiger partial charge >= 0.3 is 0 Å². The number of hydrogen-bond donors (Lipinski definition) is 1. The molecule has 0 bridgehead atoms. The Bertz CT molecular complexity index is 1110. The summed E-state index contributed by atoms with van der Waals surface area (Å²) in [6, 6.07) is 3.82. The molecule has 9 nitrogen and oxygen atoms in total. The van der Waals surface area contributed by atoms with Gasteiger partial charge in [0.25, 0.3) is 0 Å². The zero-order valence-corrected chi connectivity index (χ0v) is 18.6. The SMILES string of the molecule is Cc1nc(CCc2cnn(Cc3ccnc(N(C)C)c3)c2)nc2c1NC(=O)[C@H](C)N2C. The van der Waals surface area contributed by atoms with Crippen LogP contribution in [0, 0.1) is 6.92 Å². The zero-order chi connectivity index (χ0) is 22.1. The van der Waals surface area contributed by atoms with E-state index in [1.54, 1.807) is 0 Å². The first-order valence-corrected chi connectivity index (χ1v) is 10.4. The lowest BCUT2D eigenvalue weighted by atomic mass is 10.1. The van der Waals surface area contributed by atoms with E-state index in [-0.39, 0.29) is 11.9 Å². The summed E-state index contributed by atoms with van der Waals surface area (Å²) in [6.45, 7) is 4.47. The number of aryl methyl sites for hydroxylation is 3. The van der Waals surface area contributed by atoms with Crippen LogP contribution in [-0.2, 0) is 24.2 Å². The van der Waals surface area contributed by atoms with Crippen LogP contribution in [0.15, 0.2) is 30.7 Å². The molecular formula is C22H28N8O. The third kappa shape index (κ3) is 4.35. The van der Waals surface area contributed by atoms with E-state index in [0.717, 1.165) is 40.7 Å². The number of carbonyl (C=O) groups is 1.